The molecular weight excluding hydrogens is 488 g/mol. The van der Waals surface area contributed by atoms with Gasteiger partial charge in [0.15, 0.2) is 0 Å². The van der Waals surface area contributed by atoms with Crippen LogP contribution in [0.1, 0.15) is 103 Å². The second-order valence-corrected chi connectivity index (χ2v) is 14.5. The number of ether oxygens (including phenoxy) is 1. The smallest absolute Gasteiger partial charge is 0.302 e. The molecule has 0 spiro atoms. The van der Waals surface area contributed by atoms with Crippen LogP contribution in [0.2, 0.25) is 0 Å². The predicted octanol–water partition coefficient (Wildman–Crippen LogP) is 9.74. The number of hydrogen-bond donors (Lipinski definition) is 0. The average Bonchev–Trinajstić information content (AvgIpc) is 3.31. The third-order valence-corrected chi connectivity index (χ3v) is 12.6. The molecule has 0 amide bonds. The molecule has 2 aromatic carbocycles. The molecule has 0 N–H and O–H groups in total. The summed E-state index contributed by atoms with van der Waals surface area (Å²) in [4.78, 5) is 11.6. The summed E-state index contributed by atoms with van der Waals surface area (Å²) in [7, 11) is 0. The Morgan fingerprint density at radius 3 is 2.12 bits per heavy atom. The predicted molar refractivity (Wildman–Crippen MR) is 165 cm³/mol. The Morgan fingerprint density at radius 1 is 0.850 bits per heavy atom. The van der Waals surface area contributed by atoms with Crippen molar-refractivity contribution in [3.8, 4) is 0 Å². The Bertz CT molecular complexity index is 1160. The van der Waals surface area contributed by atoms with Crippen LogP contribution in [0.4, 0.5) is 0 Å². The molecule has 2 aromatic rings. The topological polar surface area (TPSA) is 26.3 Å². The standard InChI is InChI=1S/C38H50O2/c1-26(15-17-32(28-11-7-5-8-12-28)29-13-9-6-10-14-29)34-19-20-35-33-18-16-30-25-31(40-27(2)39)21-23-37(30,3)36(33)22-24-38(34,35)4/h5-14,17,26,30-31,33-36H,15-16,18-25H2,1-4H3/t26-,30-,31-,33-,34+,35+,36-,37+,38-/m1/s1. The summed E-state index contributed by atoms with van der Waals surface area (Å²) in [5.74, 6) is 4.77. The molecule has 4 aliphatic carbocycles. The first-order valence-corrected chi connectivity index (χ1v) is 16.3. The fraction of sp³-hybridized carbons (Fsp3) is 0.605. The van der Waals surface area contributed by atoms with Gasteiger partial charge in [-0.2, -0.15) is 0 Å². The molecule has 0 aromatic heterocycles. The Hall–Kier alpha value is -2.35. The van der Waals surface area contributed by atoms with Crippen molar-refractivity contribution in [1.29, 1.82) is 0 Å². The maximum Gasteiger partial charge on any atom is 0.302 e. The highest BCUT2D eigenvalue weighted by molar-refractivity contribution is 5.79. The van der Waals surface area contributed by atoms with Crippen LogP contribution in [0.3, 0.4) is 0 Å². The summed E-state index contributed by atoms with van der Waals surface area (Å²) in [6.07, 6.45) is 15.6. The zero-order chi connectivity index (χ0) is 27.9. The lowest BCUT2D eigenvalue weighted by molar-refractivity contribution is -0.160. The third-order valence-electron chi connectivity index (χ3n) is 12.6. The van der Waals surface area contributed by atoms with Crippen LogP contribution >= 0.6 is 0 Å². The molecule has 2 nitrogen and oxygen atoms in total. The van der Waals surface area contributed by atoms with E-state index in [4.69, 9.17) is 4.74 Å². The number of hydrogen-bond acceptors (Lipinski definition) is 2. The number of esters is 1. The largest absolute Gasteiger partial charge is 0.463 e. The highest BCUT2D eigenvalue weighted by Gasteiger charge is 2.60. The van der Waals surface area contributed by atoms with Gasteiger partial charge in [0.2, 0.25) is 0 Å². The molecule has 0 saturated heterocycles. The number of carbonyl (C=O) groups is 1. The second kappa shape index (κ2) is 11.1. The van der Waals surface area contributed by atoms with E-state index in [2.05, 4.69) is 87.5 Å². The monoisotopic (exact) mass is 538 g/mol. The highest BCUT2D eigenvalue weighted by atomic mass is 16.5. The van der Waals surface area contributed by atoms with Crippen LogP contribution in [0.15, 0.2) is 66.7 Å². The van der Waals surface area contributed by atoms with E-state index in [1.807, 2.05) is 0 Å². The molecule has 4 aliphatic rings. The normalized spacial score (nSPS) is 37.4. The number of fused-ring (bicyclic) bond motifs is 5. The van der Waals surface area contributed by atoms with Gasteiger partial charge in [-0.3, -0.25) is 4.79 Å². The molecule has 0 heterocycles. The van der Waals surface area contributed by atoms with E-state index in [-0.39, 0.29) is 12.1 Å². The lowest BCUT2D eigenvalue weighted by atomic mass is 9.44. The van der Waals surface area contributed by atoms with E-state index in [1.165, 1.54) is 61.6 Å². The van der Waals surface area contributed by atoms with Gasteiger partial charge in [-0.25, -0.2) is 0 Å². The minimum atomic E-state index is -0.101. The van der Waals surface area contributed by atoms with Crippen molar-refractivity contribution in [1.82, 2.24) is 0 Å². The third kappa shape index (κ3) is 4.99. The Morgan fingerprint density at radius 2 is 1.48 bits per heavy atom. The van der Waals surface area contributed by atoms with Gasteiger partial charge in [0.05, 0.1) is 0 Å². The van der Waals surface area contributed by atoms with E-state index < -0.39 is 0 Å². The molecule has 214 valence electrons. The van der Waals surface area contributed by atoms with Gasteiger partial charge in [0.1, 0.15) is 6.10 Å². The SMILES string of the molecule is CC(=O)O[C@@H]1CC[C@@]2(C)[C@H](CC[C@H]3[C@H]2CC[C@@]2(C)[C@H]3CC[C@H]2[C@H](C)CC=C(c2ccccc2)c2ccccc2)C1. The van der Waals surface area contributed by atoms with E-state index in [0.717, 1.165) is 48.9 Å². The van der Waals surface area contributed by atoms with Crippen molar-refractivity contribution >= 4 is 11.5 Å². The summed E-state index contributed by atoms with van der Waals surface area (Å²) in [5, 5.41) is 0. The van der Waals surface area contributed by atoms with E-state index >= 15 is 0 Å². The molecule has 4 saturated carbocycles. The van der Waals surface area contributed by atoms with Gasteiger partial charge < -0.3 is 4.74 Å². The second-order valence-electron chi connectivity index (χ2n) is 14.5. The van der Waals surface area contributed by atoms with E-state index in [1.54, 1.807) is 6.92 Å². The number of rotatable bonds is 6. The Balaban J connectivity index is 1.18. The molecule has 6 rings (SSSR count). The van der Waals surface area contributed by atoms with Gasteiger partial charge in [-0.1, -0.05) is 87.5 Å². The average molecular weight is 539 g/mol. The number of carbonyl (C=O) groups excluding carboxylic acids is 1. The van der Waals surface area contributed by atoms with Crippen molar-refractivity contribution < 1.29 is 9.53 Å². The van der Waals surface area contributed by atoms with E-state index in [0.29, 0.717) is 16.7 Å². The molecule has 0 unspecified atom stereocenters. The lowest BCUT2D eigenvalue weighted by Gasteiger charge is -2.61. The fourth-order valence-corrected chi connectivity index (χ4v) is 10.6. The molecule has 9 atom stereocenters. The summed E-state index contributed by atoms with van der Waals surface area (Å²) < 4.78 is 5.70. The lowest BCUT2D eigenvalue weighted by Crippen LogP contribution is -2.54. The molecular formula is C38H50O2. The Kier molecular flexibility index (Phi) is 7.75. The molecule has 40 heavy (non-hydrogen) atoms. The minimum absolute atomic E-state index is 0.101. The van der Waals surface area contributed by atoms with Crippen molar-refractivity contribution in [2.45, 2.75) is 98.0 Å². The van der Waals surface area contributed by atoms with Crippen LogP contribution in [0.5, 0.6) is 0 Å². The first-order chi connectivity index (χ1) is 19.3. The summed E-state index contributed by atoms with van der Waals surface area (Å²) >= 11 is 0. The number of allylic oxidation sites excluding steroid dienone is 1. The number of benzene rings is 2. The van der Waals surface area contributed by atoms with Gasteiger partial charge in [-0.05, 0) is 127 Å². The summed E-state index contributed by atoms with van der Waals surface area (Å²) in [6.45, 7) is 9.43. The van der Waals surface area contributed by atoms with Crippen LogP contribution < -0.4 is 0 Å². The minimum Gasteiger partial charge on any atom is -0.463 e. The van der Waals surface area contributed by atoms with Gasteiger partial charge in [0, 0.05) is 6.92 Å². The van der Waals surface area contributed by atoms with Gasteiger partial charge in [0.25, 0.3) is 0 Å². The van der Waals surface area contributed by atoms with Crippen LogP contribution in [-0.2, 0) is 9.53 Å². The van der Waals surface area contributed by atoms with E-state index in [9.17, 15) is 4.79 Å². The zero-order valence-electron chi connectivity index (χ0n) is 25.3. The van der Waals surface area contributed by atoms with Crippen molar-refractivity contribution in [3.05, 3.63) is 77.9 Å². The molecule has 0 radical (unpaired) electrons. The van der Waals surface area contributed by atoms with Crippen molar-refractivity contribution in [2.75, 3.05) is 0 Å². The maximum atomic E-state index is 11.6. The van der Waals surface area contributed by atoms with Crippen molar-refractivity contribution in [2.24, 2.45) is 46.3 Å². The Labute approximate surface area is 243 Å². The molecule has 0 bridgehead atoms. The first-order valence-electron chi connectivity index (χ1n) is 16.3. The van der Waals surface area contributed by atoms with Crippen LogP contribution in [0, 0.1) is 46.3 Å². The molecule has 4 fully saturated rings. The van der Waals surface area contributed by atoms with Crippen LogP contribution in [-0.4, -0.2) is 12.1 Å². The highest BCUT2D eigenvalue weighted by Crippen LogP contribution is 2.68. The van der Waals surface area contributed by atoms with Crippen molar-refractivity contribution in [3.63, 3.8) is 0 Å². The maximum absolute atomic E-state index is 11.6. The summed E-state index contributed by atoms with van der Waals surface area (Å²) in [6, 6.07) is 21.9. The fourth-order valence-electron chi connectivity index (χ4n) is 10.6. The van der Waals surface area contributed by atoms with Gasteiger partial charge >= 0.3 is 5.97 Å². The first kappa shape index (κ1) is 27.8. The zero-order valence-corrected chi connectivity index (χ0v) is 25.3. The van der Waals surface area contributed by atoms with Gasteiger partial charge in [-0.15, -0.1) is 0 Å². The summed E-state index contributed by atoms with van der Waals surface area (Å²) in [5.41, 5.74) is 4.95. The van der Waals surface area contributed by atoms with Crippen LogP contribution in [0.25, 0.3) is 5.57 Å². The quantitative estimate of drug-likeness (QED) is 0.342. The molecule has 2 heteroatoms. The molecule has 0 aliphatic heterocycles.